The summed E-state index contributed by atoms with van der Waals surface area (Å²) in [6.07, 6.45) is 0. The first-order valence-corrected chi connectivity index (χ1v) is 9.83. The van der Waals surface area contributed by atoms with Crippen LogP contribution in [0.3, 0.4) is 0 Å². The van der Waals surface area contributed by atoms with Crippen LogP contribution in [0.25, 0.3) is 0 Å². The predicted molar refractivity (Wildman–Crippen MR) is 118 cm³/mol. The van der Waals surface area contributed by atoms with Crippen LogP contribution in [0.15, 0.2) is 48.5 Å². The van der Waals surface area contributed by atoms with Crippen molar-refractivity contribution in [1.29, 1.82) is 0 Å². The van der Waals surface area contributed by atoms with E-state index in [0.29, 0.717) is 5.75 Å². The van der Waals surface area contributed by atoms with Gasteiger partial charge in [-0.3, -0.25) is 0 Å². The van der Waals surface area contributed by atoms with E-state index in [1.165, 1.54) is 62.8 Å². The van der Waals surface area contributed by atoms with Crippen molar-refractivity contribution in [1.82, 2.24) is 0 Å². The Bertz CT molecular complexity index is 1040. The first-order chi connectivity index (χ1) is 17.1. The number of carbonyl (C=O) groups excluding carboxylic acids is 4. The van der Waals surface area contributed by atoms with Gasteiger partial charge in [-0.15, -0.1) is 0 Å². The number of esters is 4. The van der Waals surface area contributed by atoms with Gasteiger partial charge < -0.3 is 33.9 Å². The van der Waals surface area contributed by atoms with Crippen molar-refractivity contribution < 1.29 is 62.7 Å². The molecule has 0 amide bonds. The van der Waals surface area contributed by atoms with Crippen molar-refractivity contribution in [3.63, 3.8) is 0 Å². The first-order valence-electron chi connectivity index (χ1n) is 9.83. The van der Waals surface area contributed by atoms with E-state index in [1.807, 2.05) is 0 Å². The number of carboxylic acids is 2. The predicted octanol–water partition coefficient (Wildman–Crippen LogP) is 1.19. The van der Waals surface area contributed by atoms with Gasteiger partial charge in [0.2, 0.25) is 0 Å². The van der Waals surface area contributed by atoms with Gasteiger partial charge in [0.25, 0.3) is 0 Å². The lowest BCUT2D eigenvalue weighted by Crippen LogP contribution is -2.20. The lowest BCUT2D eigenvalue weighted by molar-refractivity contribution is -0.158. The van der Waals surface area contributed by atoms with E-state index >= 15 is 0 Å². The molecular weight excluding hydrogens is 484 g/mol. The number of carbonyl (C=O) groups is 6. The lowest BCUT2D eigenvalue weighted by atomic mass is 10.1. The molecule has 0 saturated carbocycles. The molecule has 0 atom stereocenters. The second-order valence-corrected chi connectivity index (χ2v) is 6.39. The van der Waals surface area contributed by atoms with E-state index in [2.05, 4.69) is 14.2 Å². The van der Waals surface area contributed by atoms with Gasteiger partial charge in [-0.1, -0.05) is 0 Å². The summed E-state index contributed by atoms with van der Waals surface area (Å²) < 4.78 is 23.1. The molecule has 2 N–H and O–H groups in total. The highest BCUT2D eigenvalue weighted by atomic mass is 16.6. The van der Waals surface area contributed by atoms with Gasteiger partial charge >= 0.3 is 35.8 Å². The molecule has 2 aromatic rings. The fourth-order valence-electron chi connectivity index (χ4n) is 2.09. The average Bonchev–Trinajstić information content (AvgIpc) is 2.89. The van der Waals surface area contributed by atoms with Crippen LogP contribution in [-0.4, -0.2) is 80.1 Å². The van der Waals surface area contributed by atoms with Crippen molar-refractivity contribution in [2.75, 3.05) is 34.0 Å². The van der Waals surface area contributed by atoms with E-state index in [0.717, 1.165) is 0 Å². The molecule has 0 aliphatic carbocycles. The molecule has 36 heavy (non-hydrogen) atoms. The number of carboxylic acid groups (broad SMARTS) is 2. The fraction of sp³-hybridized carbons (Fsp3) is 0.217. The van der Waals surface area contributed by atoms with Gasteiger partial charge in [-0.05, 0) is 48.5 Å². The van der Waals surface area contributed by atoms with Gasteiger partial charge in [0, 0.05) is 0 Å². The molecule has 0 unspecified atom stereocenters. The van der Waals surface area contributed by atoms with Crippen molar-refractivity contribution in [2.45, 2.75) is 0 Å². The van der Waals surface area contributed by atoms with Crippen molar-refractivity contribution in [3.8, 4) is 5.75 Å². The quantitative estimate of drug-likeness (QED) is 0.346. The fourth-order valence-corrected chi connectivity index (χ4v) is 2.09. The number of hydrogen-bond acceptors (Lipinski definition) is 11. The average molecular weight is 506 g/mol. The molecular formula is C23H22O13. The molecule has 0 radical (unpaired) electrons. The molecule has 192 valence electrons. The Labute approximate surface area is 204 Å². The summed E-state index contributed by atoms with van der Waals surface area (Å²) in [4.78, 5) is 65.3. The number of aromatic carboxylic acids is 2. The molecule has 0 spiro atoms. The summed E-state index contributed by atoms with van der Waals surface area (Å²) in [7, 11) is 2.35. The van der Waals surface area contributed by atoms with Crippen LogP contribution in [0, 0.1) is 0 Å². The molecule has 2 rings (SSSR count). The van der Waals surface area contributed by atoms with Crippen molar-refractivity contribution in [3.05, 3.63) is 65.2 Å². The Balaban J connectivity index is 0.000000450. The van der Waals surface area contributed by atoms with Crippen LogP contribution in [0.5, 0.6) is 5.75 Å². The SMILES string of the molecule is COC(=O)COC(=O)COc1ccc(C(=O)OCC(=O)OC)cc1.O=C(O)c1ccc(C(=O)O)cc1. The lowest BCUT2D eigenvalue weighted by Gasteiger charge is -2.07. The highest BCUT2D eigenvalue weighted by Gasteiger charge is 2.12. The van der Waals surface area contributed by atoms with E-state index in [9.17, 15) is 28.8 Å². The largest absolute Gasteiger partial charge is 0.482 e. The van der Waals surface area contributed by atoms with E-state index in [-0.39, 0.29) is 16.7 Å². The minimum atomic E-state index is -1.06. The molecule has 0 fully saturated rings. The Hall–Kier alpha value is -4.94. The molecule has 0 saturated heterocycles. The maximum absolute atomic E-state index is 11.6. The van der Waals surface area contributed by atoms with Crippen LogP contribution in [0.4, 0.5) is 0 Å². The van der Waals surface area contributed by atoms with Gasteiger partial charge in [-0.2, -0.15) is 0 Å². The standard InChI is InChI=1S/C15H16O9.C8H6O4/c1-20-12(16)7-23-14(18)9-22-11-5-3-10(4-6-11)15(19)24-8-13(17)21-2;9-7(10)5-1-2-6(4-3-5)8(11)12/h3-6H,7-9H2,1-2H3;1-4H,(H,9,10)(H,11,12). The van der Waals surface area contributed by atoms with Crippen LogP contribution >= 0.6 is 0 Å². The zero-order valence-corrected chi connectivity index (χ0v) is 19.1. The van der Waals surface area contributed by atoms with Crippen molar-refractivity contribution >= 4 is 35.8 Å². The van der Waals surface area contributed by atoms with Gasteiger partial charge in [-0.25, -0.2) is 28.8 Å². The summed E-state index contributed by atoms with van der Waals surface area (Å²) in [5.41, 5.74) is 0.361. The summed E-state index contributed by atoms with van der Waals surface area (Å²) in [6.45, 7) is -1.40. The van der Waals surface area contributed by atoms with Gasteiger partial charge in [0.15, 0.2) is 19.8 Å². The summed E-state index contributed by atoms with van der Waals surface area (Å²) >= 11 is 0. The zero-order chi connectivity index (χ0) is 27.1. The normalized spacial score (nSPS) is 9.50. The first kappa shape index (κ1) is 29.1. The Kier molecular flexibility index (Phi) is 12.2. The van der Waals surface area contributed by atoms with Crippen LogP contribution in [-0.2, 0) is 33.3 Å². The molecule has 0 bridgehead atoms. The molecule has 2 aromatic carbocycles. The number of ether oxygens (including phenoxy) is 5. The van der Waals surface area contributed by atoms with Crippen molar-refractivity contribution in [2.24, 2.45) is 0 Å². The number of methoxy groups -OCH3 is 2. The molecule has 0 aliphatic rings. The maximum atomic E-state index is 11.6. The molecule has 13 nitrogen and oxygen atoms in total. The monoisotopic (exact) mass is 506 g/mol. The number of benzene rings is 2. The second kappa shape index (κ2) is 15.1. The highest BCUT2D eigenvalue weighted by Crippen LogP contribution is 2.13. The number of rotatable bonds is 10. The Morgan fingerprint density at radius 3 is 1.42 bits per heavy atom. The maximum Gasteiger partial charge on any atom is 0.344 e. The van der Waals surface area contributed by atoms with Gasteiger partial charge in [0.1, 0.15) is 5.75 Å². The summed E-state index contributed by atoms with van der Waals surface area (Å²) in [5, 5.41) is 16.9. The smallest absolute Gasteiger partial charge is 0.344 e. The third-order valence-electron chi connectivity index (χ3n) is 3.95. The van der Waals surface area contributed by atoms with E-state index in [1.54, 1.807) is 0 Å². The summed E-state index contributed by atoms with van der Waals surface area (Å²) in [5.74, 6) is -4.63. The topological polar surface area (TPSA) is 189 Å². The number of hydrogen-bond donors (Lipinski definition) is 2. The minimum absolute atomic E-state index is 0.0833. The molecule has 0 heterocycles. The third kappa shape index (κ3) is 10.8. The second-order valence-electron chi connectivity index (χ2n) is 6.39. The Morgan fingerprint density at radius 2 is 1.00 bits per heavy atom. The van der Waals surface area contributed by atoms with E-state index < -0.39 is 55.6 Å². The highest BCUT2D eigenvalue weighted by molar-refractivity contribution is 5.92. The van der Waals surface area contributed by atoms with Crippen LogP contribution in [0.1, 0.15) is 31.1 Å². The zero-order valence-electron chi connectivity index (χ0n) is 19.1. The molecule has 0 aromatic heterocycles. The third-order valence-corrected chi connectivity index (χ3v) is 3.95. The van der Waals surface area contributed by atoms with E-state index in [4.69, 9.17) is 19.7 Å². The molecule has 13 heteroatoms. The minimum Gasteiger partial charge on any atom is -0.482 e. The van der Waals surface area contributed by atoms with Crippen LogP contribution in [0.2, 0.25) is 0 Å². The Morgan fingerprint density at radius 1 is 0.583 bits per heavy atom. The van der Waals surface area contributed by atoms with Crippen LogP contribution < -0.4 is 4.74 Å². The van der Waals surface area contributed by atoms with Gasteiger partial charge in [0.05, 0.1) is 30.9 Å². The summed E-state index contributed by atoms with van der Waals surface area (Å²) in [6, 6.07) is 10.7. The molecule has 0 aliphatic heterocycles.